The molecule has 2 heterocycles. The number of nitrogens with zero attached hydrogens (tertiary/aromatic N) is 1. The van der Waals surface area contributed by atoms with E-state index in [-0.39, 0.29) is 60.0 Å². The van der Waals surface area contributed by atoms with Gasteiger partial charge in [0.1, 0.15) is 48.6 Å². The van der Waals surface area contributed by atoms with E-state index in [1.807, 2.05) is 0 Å². The smallest absolute Gasteiger partial charge is 0.251 e. The number of halogens is 4. The molecule has 7 nitrogen and oxygen atoms in total. The maximum Gasteiger partial charge on any atom is 0.251 e. The predicted octanol–water partition coefficient (Wildman–Crippen LogP) is 5.38. The number of nitrogens with one attached hydrogen (secondary N) is 1. The zero-order valence-electron chi connectivity index (χ0n) is 23.3. The van der Waals surface area contributed by atoms with E-state index in [0.717, 1.165) is 0 Å². The monoisotopic (exact) mass is 584 g/mol. The number of fused-ring (bicyclic) bond motifs is 1. The zero-order valence-corrected chi connectivity index (χ0v) is 23.3. The number of aromatic nitrogens is 1. The van der Waals surface area contributed by atoms with E-state index < -0.39 is 42.1 Å². The van der Waals surface area contributed by atoms with Crippen LogP contribution < -0.4 is 26.3 Å². The molecule has 1 aromatic heterocycles. The Bertz CT molecular complexity index is 1530. The summed E-state index contributed by atoms with van der Waals surface area (Å²) in [5, 5.41) is 2.78. The Morgan fingerprint density at radius 3 is 2.48 bits per heavy atom. The van der Waals surface area contributed by atoms with E-state index in [4.69, 9.17) is 20.9 Å². The molecule has 5 N–H and O–H groups in total. The Morgan fingerprint density at radius 2 is 1.88 bits per heavy atom. The molecule has 0 saturated heterocycles. The maximum atomic E-state index is 15.9. The summed E-state index contributed by atoms with van der Waals surface area (Å²) in [7, 11) is 1.42. The minimum Gasteiger partial charge on any atom is -0.495 e. The first kappa shape index (κ1) is 29.2. The zero-order chi connectivity index (χ0) is 30.2. The number of ether oxygens (including phenoxy) is 2. The highest BCUT2D eigenvalue weighted by molar-refractivity contribution is 5.96. The van der Waals surface area contributed by atoms with Crippen LogP contribution in [0.2, 0.25) is 0 Å². The van der Waals surface area contributed by atoms with Gasteiger partial charge >= 0.3 is 0 Å². The first-order valence-electron chi connectivity index (χ1n) is 13.5. The van der Waals surface area contributed by atoms with Crippen LogP contribution in [-0.2, 0) is 5.41 Å². The van der Waals surface area contributed by atoms with Crippen molar-refractivity contribution in [2.24, 2.45) is 5.73 Å². The molecule has 2 aromatic carbocycles. The maximum absolute atomic E-state index is 15.9. The highest BCUT2D eigenvalue weighted by Crippen LogP contribution is 2.53. The third-order valence-electron chi connectivity index (χ3n) is 7.90. The third-order valence-corrected chi connectivity index (χ3v) is 7.90. The molecule has 11 heteroatoms. The molecule has 222 valence electrons. The van der Waals surface area contributed by atoms with E-state index in [2.05, 4.69) is 10.3 Å². The molecule has 3 aromatic rings. The van der Waals surface area contributed by atoms with Gasteiger partial charge in [0.2, 0.25) is 0 Å². The van der Waals surface area contributed by atoms with Crippen LogP contribution in [0.25, 0.3) is 17.3 Å². The lowest BCUT2D eigenvalue weighted by atomic mass is 9.82. The van der Waals surface area contributed by atoms with Crippen molar-refractivity contribution in [3.8, 4) is 22.8 Å². The average Bonchev–Trinajstić information content (AvgIpc) is 3.61. The number of hydrogen-bond acceptors (Lipinski definition) is 6. The van der Waals surface area contributed by atoms with E-state index in [9.17, 15) is 18.0 Å². The van der Waals surface area contributed by atoms with Gasteiger partial charge in [-0.2, -0.15) is 0 Å². The Kier molecular flexibility index (Phi) is 7.78. The van der Waals surface area contributed by atoms with Gasteiger partial charge in [-0.05, 0) is 68.3 Å². The molecular formula is C31H32F4N4O3. The fourth-order valence-electron chi connectivity index (χ4n) is 5.25. The molecule has 1 aliphatic heterocycles. The van der Waals surface area contributed by atoms with E-state index >= 15 is 4.39 Å². The van der Waals surface area contributed by atoms with Gasteiger partial charge in [0.15, 0.2) is 0 Å². The van der Waals surface area contributed by atoms with Crippen LogP contribution in [0.3, 0.4) is 0 Å². The lowest BCUT2D eigenvalue weighted by molar-refractivity contribution is 0.0944. The molecule has 5 rings (SSSR count). The number of amides is 1. The Hall–Kier alpha value is -4.28. The first-order chi connectivity index (χ1) is 20.0. The van der Waals surface area contributed by atoms with Crippen LogP contribution in [0.15, 0.2) is 48.2 Å². The Morgan fingerprint density at radius 1 is 1.19 bits per heavy atom. The number of pyridine rings is 1. The quantitative estimate of drug-likeness (QED) is 0.218. The standard InChI is InChI=1S/C31H32F4N4O3/c1-17(36)9-19-10-20(11-25(41-2)26(19)37)29(40)38-13-23(31(35)7-8-31)24-12-22-28(42-16-30(22,14-32)15-33)27(39-24)18-3-5-21(34)6-4-18/h3-6,9-12,23H,7-8,13-16,36-37H2,1-2H3,(H,38,40)/b17-9-. The number of rotatable bonds is 10. The molecule has 0 spiro atoms. The van der Waals surface area contributed by atoms with Crippen molar-refractivity contribution in [1.29, 1.82) is 0 Å². The summed E-state index contributed by atoms with van der Waals surface area (Å²) in [5.74, 6) is -1.48. The number of carbonyl (C=O) groups is 1. The first-order valence-corrected chi connectivity index (χ1v) is 13.5. The second kappa shape index (κ2) is 11.2. The fourth-order valence-corrected chi connectivity index (χ4v) is 5.25. The number of allylic oxidation sites excluding steroid dienone is 1. The van der Waals surface area contributed by atoms with Crippen LogP contribution >= 0.6 is 0 Å². The summed E-state index contributed by atoms with van der Waals surface area (Å²) in [6.07, 6.45) is 2.06. The second-order valence-electron chi connectivity index (χ2n) is 11.0. The van der Waals surface area contributed by atoms with Crippen LogP contribution in [0.4, 0.5) is 23.2 Å². The van der Waals surface area contributed by atoms with Gasteiger partial charge in [0.25, 0.3) is 5.91 Å². The van der Waals surface area contributed by atoms with Gasteiger partial charge in [-0.15, -0.1) is 0 Å². The van der Waals surface area contributed by atoms with Gasteiger partial charge in [-0.3, -0.25) is 4.79 Å². The number of hydrogen-bond donors (Lipinski definition) is 3. The SMILES string of the molecule is COc1cc(C(=O)NCC(c2cc3c(c(-c4ccc(F)cc4)n2)OCC3(CF)CF)C2(F)CC2)cc(/C=C(/C)N)c1N. The number of benzene rings is 2. The number of methoxy groups -OCH3 is 1. The summed E-state index contributed by atoms with van der Waals surface area (Å²) >= 11 is 0. The van der Waals surface area contributed by atoms with Crippen LogP contribution in [-0.4, -0.2) is 50.2 Å². The van der Waals surface area contributed by atoms with Gasteiger partial charge in [-0.1, -0.05) is 0 Å². The van der Waals surface area contributed by atoms with Crippen LogP contribution in [0.5, 0.6) is 11.5 Å². The minimum absolute atomic E-state index is 0.156. The molecule has 42 heavy (non-hydrogen) atoms. The van der Waals surface area contributed by atoms with Gasteiger partial charge in [0, 0.05) is 40.2 Å². The topological polar surface area (TPSA) is 112 Å². The van der Waals surface area contributed by atoms with Crippen LogP contribution in [0.1, 0.15) is 52.9 Å². The summed E-state index contributed by atoms with van der Waals surface area (Å²) in [6.45, 7) is -0.813. The normalized spacial score (nSPS) is 17.2. The lowest BCUT2D eigenvalue weighted by Gasteiger charge is -2.25. The summed E-state index contributed by atoms with van der Waals surface area (Å²) in [4.78, 5) is 18.0. The number of nitrogens with two attached hydrogens (primary N) is 2. The van der Waals surface area contributed by atoms with Crippen LogP contribution in [0, 0.1) is 5.82 Å². The lowest BCUT2D eigenvalue weighted by Crippen LogP contribution is -2.35. The van der Waals surface area contributed by atoms with Crippen molar-refractivity contribution in [3.05, 3.63) is 76.4 Å². The number of nitrogen functional groups attached to an aromatic ring is 1. The largest absolute Gasteiger partial charge is 0.495 e. The van der Waals surface area contributed by atoms with Crippen molar-refractivity contribution in [2.45, 2.75) is 36.8 Å². The molecule has 1 aliphatic carbocycles. The van der Waals surface area contributed by atoms with Crippen molar-refractivity contribution in [2.75, 3.05) is 39.3 Å². The van der Waals surface area contributed by atoms with Gasteiger partial charge in [-0.25, -0.2) is 22.5 Å². The Balaban J connectivity index is 1.53. The molecule has 0 radical (unpaired) electrons. The van der Waals surface area contributed by atoms with Crippen molar-refractivity contribution in [3.63, 3.8) is 0 Å². The molecule has 2 aliphatic rings. The number of anilines is 1. The Labute approximate surface area is 240 Å². The molecule has 1 fully saturated rings. The second-order valence-corrected chi connectivity index (χ2v) is 11.0. The average molecular weight is 585 g/mol. The third kappa shape index (κ3) is 5.35. The minimum atomic E-state index is -1.69. The van der Waals surface area contributed by atoms with Crippen molar-refractivity contribution >= 4 is 17.7 Å². The van der Waals surface area contributed by atoms with Gasteiger partial charge in [0.05, 0.1) is 24.1 Å². The molecular weight excluding hydrogens is 552 g/mol. The molecule has 1 atom stereocenters. The van der Waals surface area contributed by atoms with Crippen molar-refractivity contribution < 1.29 is 31.8 Å². The summed E-state index contributed by atoms with van der Waals surface area (Å²) in [6, 6.07) is 9.90. The number of carbonyl (C=O) groups excluding carboxylic acids is 1. The highest BCUT2D eigenvalue weighted by atomic mass is 19.1. The number of alkyl halides is 3. The van der Waals surface area contributed by atoms with Gasteiger partial charge < -0.3 is 26.3 Å². The van der Waals surface area contributed by atoms with E-state index in [1.165, 1.54) is 43.5 Å². The predicted molar refractivity (Wildman–Crippen MR) is 152 cm³/mol. The molecule has 1 amide bonds. The van der Waals surface area contributed by atoms with Crippen molar-refractivity contribution in [1.82, 2.24) is 10.3 Å². The summed E-state index contributed by atoms with van der Waals surface area (Å²) in [5.41, 5.74) is 11.3. The molecule has 1 saturated carbocycles. The molecule has 1 unspecified atom stereocenters. The highest BCUT2D eigenvalue weighted by Gasteiger charge is 2.53. The fraction of sp³-hybridized carbons (Fsp3) is 0.355. The van der Waals surface area contributed by atoms with E-state index in [1.54, 1.807) is 19.1 Å². The van der Waals surface area contributed by atoms with E-state index in [0.29, 0.717) is 22.5 Å². The summed E-state index contributed by atoms with van der Waals surface area (Å²) < 4.78 is 69.2. The molecule has 0 bridgehead atoms.